The van der Waals surface area contributed by atoms with E-state index < -0.39 is 0 Å². The number of rotatable bonds is 3. The summed E-state index contributed by atoms with van der Waals surface area (Å²) < 4.78 is 3.55. The molecule has 0 saturated heterocycles. The van der Waals surface area contributed by atoms with Crippen LogP contribution in [0.2, 0.25) is 0 Å². The Morgan fingerprint density at radius 3 is 2.26 bits per heavy atom. The molecule has 0 atom stereocenters. The van der Waals surface area contributed by atoms with E-state index in [1.807, 2.05) is 0 Å². The third kappa shape index (κ3) is 3.73. The first kappa shape index (κ1) is 24.3. The van der Waals surface area contributed by atoms with Gasteiger partial charge in [-0.25, -0.2) is 9.97 Å². The molecule has 0 saturated carbocycles. The van der Waals surface area contributed by atoms with Gasteiger partial charge in [-0.05, 0) is 70.6 Å². The highest BCUT2D eigenvalue weighted by Gasteiger charge is 2.21. The molecule has 0 aliphatic heterocycles. The molecule has 0 unspecified atom stereocenters. The quantitative estimate of drug-likeness (QED) is 0.199. The van der Waals surface area contributed by atoms with E-state index in [0.29, 0.717) is 0 Å². The Kier molecular flexibility index (Phi) is 5.28. The van der Waals surface area contributed by atoms with Crippen LogP contribution >= 0.6 is 11.3 Å². The van der Waals surface area contributed by atoms with E-state index >= 15 is 0 Å². The predicted molar refractivity (Wildman–Crippen MR) is 182 cm³/mol. The maximum atomic E-state index is 5.48. The van der Waals surface area contributed by atoms with Gasteiger partial charge in [0, 0.05) is 37.8 Å². The zero-order chi connectivity index (χ0) is 28.5. The first-order valence-corrected chi connectivity index (χ1v) is 15.3. The molecule has 0 bridgehead atoms. The van der Waals surface area contributed by atoms with Crippen LogP contribution in [-0.2, 0) is 0 Å². The second-order valence-corrected chi connectivity index (χ2v) is 12.1. The second-order valence-electron chi connectivity index (χ2n) is 11.1. The van der Waals surface area contributed by atoms with Crippen LogP contribution in [0.5, 0.6) is 0 Å². The van der Waals surface area contributed by atoms with Crippen molar-refractivity contribution in [3.8, 4) is 28.2 Å². The number of imidazole rings is 1. The normalized spacial score (nSPS) is 11.8. The van der Waals surface area contributed by atoms with Gasteiger partial charge in [0.05, 0.1) is 11.0 Å². The zero-order valence-corrected chi connectivity index (χ0v) is 24.3. The molecular formula is C39H25N3S. The average Bonchev–Trinajstić information content (AvgIpc) is 3.63. The van der Waals surface area contributed by atoms with Gasteiger partial charge in [-0.1, -0.05) is 97.1 Å². The summed E-state index contributed by atoms with van der Waals surface area (Å²) in [5, 5.41) is 7.28. The Hall–Kier alpha value is -5.32. The summed E-state index contributed by atoms with van der Waals surface area (Å²) in [6, 6.07) is 47.8. The molecule has 4 heteroatoms. The van der Waals surface area contributed by atoms with E-state index in [2.05, 4.69) is 145 Å². The van der Waals surface area contributed by atoms with Crippen molar-refractivity contribution in [2.75, 3.05) is 0 Å². The lowest BCUT2D eigenvalue weighted by atomic mass is 10.0. The molecule has 0 fully saturated rings. The van der Waals surface area contributed by atoms with Crippen molar-refractivity contribution in [3.05, 3.63) is 139 Å². The highest BCUT2D eigenvalue weighted by molar-refractivity contribution is 7.26. The van der Waals surface area contributed by atoms with Crippen LogP contribution in [0.1, 0.15) is 5.69 Å². The van der Waals surface area contributed by atoms with Crippen LogP contribution in [-0.4, -0.2) is 14.5 Å². The first-order valence-electron chi connectivity index (χ1n) is 14.5. The summed E-state index contributed by atoms with van der Waals surface area (Å²) in [5.74, 6) is 0.940. The molecule has 0 spiro atoms. The highest BCUT2D eigenvalue weighted by atomic mass is 32.1. The molecule has 202 valence electrons. The molecule has 9 aromatic rings. The number of fused-ring (bicyclic) bond motifs is 8. The topological polar surface area (TPSA) is 30.7 Å². The molecule has 0 aliphatic rings. The van der Waals surface area contributed by atoms with Crippen molar-refractivity contribution in [2.24, 2.45) is 0 Å². The van der Waals surface area contributed by atoms with Crippen LogP contribution in [0.3, 0.4) is 0 Å². The van der Waals surface area contributed by atoms with Gasteiger partial charge >= 0.3 is 0 Å². The lowest BCUT2D eigenvalue weighted by molar-refractivity contribution is 1.11. The smallest absolute Gasteiger partial charge is 0.147 e. The Labute approximate surface area is 252 Å². The molecule has 9 rings (SSSR count). The number of hydrogen-bond donors (Lipinski definition) is 0. The van der Waals surface area contributed by atoms with Crippen molar-refractivity contribution in [1.29, 1.82) is 0 Å². The highest BCUT2D eigenvalue weighted by Crippen LogP contribution is 2.42. The number of aromatic nitrogens is 3. The molecule has 3 nitrogen and oxygen atoms in total. The van der Waals surface area contributed by atoms with Gasteiger partial charge in [0.1, 0.15) is 10.7 Å². The van der Waals surface area contributed by atoms with Crippen LogP contribution in [0, 0.1) is 6.92 Å². The molecule has 3 aromatic heterocycles. The maximum Gasteiger partial charge on any atom is 0.147 e. The van der Waals surface area contributed by atoms with E-state index in [4.69, 9.17) is 9.97 Å². The second kappa shape index (κ2) is 9.35. The summed E-state index contributed by atoms with van der Waals surface area (Å²) in [7, 11) is 0. The third-order valence-electron chi connectivity index (χ3n) is 8.50. The van der Waals surface area contributed by atoms with E-state index in [0.717, 1.165) is 44.0 Å². The van der Waals surface area contributed by atoms with Gasteiger partial charge in [-0.3, -0.25) is 4.57 Å². The summed E-state index contributed by atoms with van der Waals surface area (Å²) >= 11 is 1.75. The Bertz CT molecular complexity index is 2520. The molecule has 3 heterocycles. The summed E-state index contributed by atoms with van der Waals surface area (Å²) in [6.07, 6.45) is 0. The fourth-order valence-corrected chi connectivity index (χ4v) is 7.70. The monoisotopic (exact) mass is 567 g/mol. The van der Waals surface area contributed by atoms with Crippen molar-refractivity contribution in [3.63, 3.8) is 0 Å². The SMILES string of the molecule is Cc1ccc2c(n1)sc1c(-c3nc4c5ccc6ccccc6c5ccc4n3-c3cccc(-c4ccccc4)c3)cccc12. The number of aryl methyl sites for hydroxylation is 1. The zero-order valence-electron chi connectivity index (χ0n) is 23.5. The minimum absolute atomic E-state index is 0.940. The van der Waals surface area contributed by atoms with Crippen LogP contribution in [0.15, 0.2) is 133 Å². The van der Waals surface area contributed by atoms with E-state index in [-0.39, 0.29) is 0 Å². The number of hydrogen-bond acceptors (Lipinski definition) is 3. The summed E-state index contributed by atoms with van der Waals surface area (Å²) in [6.45, 7) is 2.05. The van der Waals surface area contributed by atoms with Crippen molar-refractivity contribution < 1.29 is 0 Å². The van der Waals surface area contributed by atoms with Gasteiger partial charge in [0.25, 0.3) is 0 Å². The molecule has 0 aliphatic carbocycles. The lowest BCUT2D eigenvalue weighted by Crippen LogP contribution is -1.98. The van der Waals surface area contributed by atoms with Gasteiger partial charge in [-0.2, -0.15) is 0 Å². The molecule has 6 aromatic carbocycles. The Balaban J connectivity index is 1.39. The van der Waals surface area contributed by atoms with Gasteiger partial charge in [0.2, 0.25) is 0 Å². The molecule has 0 radical (unpaired) electrons. The Morgan fingerprint density at radius 1 is 0.558 bits per heavy atom. The van der Waals surface area contributed by atoms with E-state index in [9.17, 15) is 0 Å². The van der Waals surface area contributed by atoms with Gasteiger partial charge in [0.15, 0.2) is 0 Å². The van der Waals surface area contributed by atoms with Crippen molar-refractivity contribution >= 4 is 64.2 Å². The maximum absolute atomic E-state index is 5.48. The largest absolute Gasteiger partial charge is 0.292 e. The molecule has 43 heavy (non-hydrogen) atoms. The minimum Gasteiger partial charge on any atom is -0.292 e. The fourth-order valence-electron chi connectivity index (χ4n) is 6.47. The number of thiophene rings is 1. The number of pyridine rings is 1. The van der Waals surface area contributed by atoms with E-state index in [1.54, 1.807) is 11.3 Å². The number of nitrogens with zero attached hydrogens (tertiary/aromatic N) is 3. The van der Waals surface area contributed by atoms with Crippen molar-refractivity contribution in [2.45, 2.75) is 6.92 Å². The summed E-state index contributed by atoms with van der Waals surface area (Å²) in [4.78, 5) is 11.4. The van der Waals surface area contributed by atoms with Crippen LogP contribution < -0.4 is 0 Å². The third-order valence-corrected chi connectivity index (χ3v) is 9.65. The molecular weight excluding hydrogens is 543 g/mol. The molecule has 0 N–H and O–H groups in total. The van der Waals surface area contributed by atoms with Gasteiger partial charge in [-0.15, -0.1) is 11.3 Å². The fraction of sp³-hybridized carbons (Fsp3) is 0.0256. The minimum atomic E-state index is 0.940. The van der Waals surface area contributed by atoms with Gasteiger partial charge < -0.3 is 0 Å². The Morgan fingerprint density at radius 2 is 1.33 bits per heavy atom. The van der Waals surface area contributed by atoms with Crippen molar-refractivity contribution in [1.82, 2.24) is 14.5 Å². The average molecular weight is 568 g/mol. The predicted octanol–water partition coefficient (Wildman–Crippen LogP) is 10.7. The first-order chi connectivity index (χ1) is 21.2. The standard InChI is InChI=1S/C39H25N3S/c1-24-17-19-33-32-15-8-16-34(37(32)43-39(33)40-24)38-41-36-31-20-18-26-11-5-6-14-29(26)30(31)21-22-35(36)42(38)28-13-7-12-27(23-28)25-9-3-2-4-10-25/h2-23H,1H3. The van der Waals surface area contributed by atoms with Crippen LogP contribution in [0.25, 0.3) is 81.1 Å². The summed E-state index contributed by atoms with van der Waals surface area (Å²) in [5.41, 5.74) is 7.71. The van der Waals surface area contributed by atoms with E-state index in [1.165, 1.54) is 42.8 Å². The number of benzene rings is 6. The lowest BCUT2D eigenvalue weighted by Gasteiger charge is -2.12. The molecule has 0 amide bonds. The van der Waals surface area contributed by atoms with Crippen LogP contribution in [0.4, 0.5) is 0 Å².